The number of carbonyl (C=O) groups is 1. The van der Waals surface area contributed by atoms with E-state index >= 15 is 0 Å². The van der Waals surface area contributed by atoms with Gasteiger partial charge in [0.25, 0.3) is 5.56 Å². The fraction of sp³-hybridized carbons (Fsp3) is 0.174. The molecule has 2 aromatic heterocycles. The highest BCUT2D eigenvalue weighted by molar-refractivity contribution is 7.98. The number of aromatic amines is 1. The molecule has 0 fully saturated rings. The van der Waals surface area contributed by atoms with E-state index in [9.17, 15) is 9.59 Å². The van der Waals surface area contributed by atoms with E-state index in [1.807, 2.05) is 67.8 Å². The van der Waals surface area contributed by atoms with Gasteiger partial charge in [-0.25, -0.2) is 9.78 Å². The number of aromatic nitrogens is 2. The topological polar surface area (TPSA) is 72.0 Å². The maximum Gasteiger partial charge on any atom is 0.338 e. The molecule has 0 unspecified atom stereocenters. The lowest BCUT2D eigenvalue weighted by Crippen LogP contribution is -2.11. The minimum absolute atomic E-state index is 0.142. The molecular weight excluding hydrogens is 416 g/mol. The molecule has 1 N–H and O–H groups in total. The summed E-state index contributed by atoms with van der Waals surface area (Å²) in [7, 11) is 0. The van der Waals surface area contributed by atoms with E-state index in [1.165, 1.54) is 23.1 Å². The first-order valence-electron chi connectivity index (χ1n) is 9.51. The van der Waals surface area contributed by atoms with Gasteiger partial charge in [0.05, 0.1) is 17.1 Å². The van der Waals surface area contributed by atoms with Gasteiger partial charge in [-0.15, -0.1) is 11.3 Å². The number of thiophene rings is 1. The fourth-order valence-electron chi connectivity index (χ4n) is 3.05. The Bertz CT molecular complexity index is 1250. The summed E-state index contributed by atoms with van der Waals surface area (Å²) in [5.41, 5.74) is 3.23. The van der Waals surface area contributed by atoms with Gasteiger partial charge in [0.1, 0.15) is 4.83 Å². The fourth-order valence-corrected chi connectivity index (χ4v) is 4.86. The number of esters is 1. The highest BCUT2D eigenvalue weighted by Crippen LogP contribution is 2.31. The summed E-state index contributed by atoms with van der Waals surface area (Å²) >= 11 is 2.89. The molecule has 0 spiro atoms. The smallest absolute Gasteiger partial charge is 0.338 e. The highest BCUT2D eigenvalue weighted by Gasteiger charge is 2.14. The number of nitrogens with one attached hydrogen (secondary N) is 1. The van der Waals surface area contributed by atoms with Crippen molar-refractivity contribution in [3.8, 4) is 11.1 Å². The number of hydrogen-bond donors (Lipinski definition) is 1. The van der Waals surface area contributed by atoms with Gasteiger partial charge in [0.2, 0.25) is 0 Å². The van der Waals surface area contributed by atoms with Crippen LogP contribution < -0.4 is 5.56 Å². The number of benzene rings is 2. The van der Waals surface area contributed by atoms with Crippen LogP contribution in [-0.4, -0.2) is 22.0 Å². The van der Waals surface area contributed by atoms with Crippen molar-refractivity contribution in [2.24, 2.45) is 0 Å². The molecule has 0 saturated carbocycles. The molecule has 152 valence electrons. The minimum Gasteiger partial charge on any atom is -0.459 e. The molecule has 0 aliphatic heterocycles. The van der Waals surface area contributed by atoms with Gasteiger partial charge < -0.3 is 9.72 Å². The number of hydrogen-bond acceptors (Lipinski definition) is 6. The molecule has 7 heteroatoms. The molecule has 5 nitrogen and oxygen atoms in total. The van der Waals surface area contributed by atoms with Gasteiger partial charge in [-0.05, 0) is 37.1 Å². The number of H-pyrrole nitrogens is 1. The second kappa shape index (κ2) is 8.85. The van der Waals surface area contributed by atoms with E-state index in [1.54, 1.807) is 6.07 Å². The predicted molar refractivity (Wildman–Crippen MR) is 122 cm³/mol. The summed E-state index contributed by atoms with van der Waals surface area (Å²) in [6.07, 6.45) is -0.164. The molecule has 0 aliphatic rings. The van der Waals surface area contributed by atoms with Crippen molar-refractivity contribution in [2.75, 3.05) is 0 Å². The predicted octanol–water partition coefficient (Wildman–Crippen LogP) is 5.51. The van der Waals surface area contributed by atoms with Crippen LogP contribution >= 0.6 is 23.1 Å². The van der Waals surface area contributed by atoms with Crippen LogP contribution in [0.5, 0.6) is 0 Å². The van der Waals surface area contributed by atoms with Crippen molar-refractivity contribution in [3.05, 3.63) is 81.5 Å². The van der Waals surface area contributed by atoms with Crippen LogP contribution in [0.2, 0.25) is 0 Å². The molecule has 4 rings (SSSR count). The maximum atomic E-state index is 12.7. The molecule has 2 aromatic carbocycles. The van der Waals surface area contributed by atoms with Crippen LogP contribution in [0.3, 0.4) is 0 Å². The Morgan fingerprint density at radius 2 is 1.97 bits per heavy atom. The second-order valence-electron chi connectivity index (χ2n) is 7.01. The van der Waals surface area contributed by atoms with E-state index in [4.69, 9.17) is 4.74 Å². The lowest BCUT2D eigenvalue weighted by Gasteiger charge is -2.09. The average molecular weight is 437 g/mol. The molecule has 0 atom stereocenters. The lowest BCUT2D eigenvalue weighted by molar-refractivity contribution is 0.0378. The van der Waals surface area contributed by atoms with Crippen LogP contribution in [-0.2, 0) is 10.5 Å². The number of nitrogens with zero attached hydrogens (tertiary/aromatic N) is 1. The quantitative estimate of drug-likeness (QED) is 0.245. The number of fused-ring (bicyclic) bond motifs is 1. The van der Waals surface area contributed by atoms with Crippen LogP contribution in [0, 0.1) is 0 Å². The number of ether oxygens (including phenoxy) is 1. The Morgan fingerprint density at radius 3 is 2.73 bits per heavy atom. The zero-order valence-electron chi connectivity index (χ0n) is 16.5. The largest absolute Gasteiger partial charge is 0.459 e. The second-order valence-corrected chi connectivity index (χ2v) is 8.83. The average Bonchev–Trinajstić information content (AvgIpc) is 3.17. The molecule has 30 heavy (non-hydrogen) atoms. The summed E-state index contributed by atoms with van der Waals surface area (Å²) in [6.45, 7) is 3.65. The summed E-state index contributed by atoms with van der Waals surface area (Å²) in [5, 5.41) is 3.15. The standard InChI is InChI=1S/C23H20N2O3S2/c1-14(2)28-22(27)17-10-6-7-15(11-17)12-30-23-24-20(26)19-18(13-29-21(19)25-23)16-8-4-3-5-9-16/h3-11,13-14H,12H2,1-2H3,(H,24,25,26). The third kappa shape index (κ3) is 4.47. The summed E-state index contributed by atoms with van der Waals surface area (Å²) in [5.74, 6) is 0.241. The highest BCUT2D eigenvalue weighted by atomic mass is 32.2. The van der Waals surface area contributed by atoms with Crippen LogP contribution in [0.4, 0.5) is 0 Å². The normalized spacial score (nSPS) is 11.2. The lowest BCUT2D eigenvalue weighted by atomic mass is 10.1. The van der Waals surface area contributed by atoms with Crippen molar-refractivity contribution in [1.29, 1.82) is 0 Å². The third-order valence-corrected chi connectivity index (χ3v) is 6.20. The van der Waals surface area contributed by atoms with Crippen molar-refractivity contribution in [1.82, 2.24) is 9.97 Å². The zero-order valence-corrected chi connectivity index (χ0v) is 18.2. The molecule has 0 amide bonds. The van der Waals surface area contributed by atoms with E-state index in [-0.39, 0.29) is 17.6 Å². The van der Waals surface area contributed by atoms with Crippen molar-refractivity contribution >= 4 is 39.3 Å². The SMILES string of the molecule is CC(C)OC(=O)c1cccc(CSc2nc3scc(-c4ccccc4)c3c(=O)[nH]2)c1. The number of thioether (sulfide) groups is 1. The van der Waals surface area contributed by atoms with Gasteiger partial charge in [0.15, 0.2) is 5.16 Å². The Hall–Kier alpha value is -2.90. The van der Waals surface area contributed by atoms with Gasteiger partial charge in [0, 0.05) is 16.7 Å². The Balaban J connectivity index is 1.54. The van der Waals surface area contributed by atoms with E-state index in [2.05, 4.69) is 9.97 Å². The Labute approximate surface area is 182 Å². The molecule has 0 saturated heterocycles. The monoisotopic (exact) mass is 436 g/mol. The summed E-state index contributed by atoms with van der Waals surface area (Å²) in [6, 6.07) is 17.2. The maximum absolute atomic E-state index is 12.7. The van der Waals surface area contributed by atoms with E-state index < -0.39 is 0 Å². The van der Waals surface area contributed by atoms with Gasteiger partial charge >= 0.3 is 5.97 Å². The van der Waals surface area contributed by atoms with E-state index in [0.717, 1.165) is 21.5 Å². The first-order valence-corrected chi connectivity index (χ1v) is 11.4. The zero-order chi connectivity index (χ0) is 21.1. The summed E-state index contributed by atoms with van der Waals surface area (Å²) in [4.78, 5) is 33.1. The first kappa shape index (κ1) is 20.4. The van der Waals surface area contributed by atoms with Crippen molar-refractivity contribution in [3.63, 3.8) is 0 Å². The van der Waals surface area contributed by atoms with Crippen LogP contribution in [0.1, 0.15) is 29.8 Å². The number of carbonyl (C=O) groups excluding carboxylic acids is 1. The van der Waals surface area contributed by atoms with Gasteiger partial charge in [-0.3, -0.25) is 4.79 Å². The molecule has 0 bridgehead atoms. The number of rotatable bonds is 6. The molecule has 4 aromatic rings. The minimum atomic E-state index is -0.336. The van der Waals surface area contributed by atoms with Gasteiger partial charge in [-0.1, -0.05) is 54.2 Å². The van der Waals surface area contributed by atoms with Crippen LogP contribution in [0.15, 0.2) is 69.9 Å². The van der Waals surface area contributed by atoms with Gasteiger partial charge in [-0.2, -0.15) is 0 Å². The van der Waals surface area contributed by atoms with Crippen LogP contribution in [0.25, 0.3) is 21.3 Å². The van der Waals surface area contributed by atoms with Crippen molar-refractivity contribution < 1.29 is 9.53 Å². The molecule has 0 radical (unpaired) electrons. The molecule has 2 heterocycles. The first-order chi connectivity index (χ1) is 14.5. The molecular formula is C23H20N2O3S2. The van der Waals surface area contributed by atoms with Crippen molar-refractivity contribution in [2.45, 2.75) is 30.9 Å². The summed E-state index contributed by atoms with van der Waals surface area (Å²) < 4.78 is 5.25. The Kier molecular flexibility index (Phi) is 6.01. The van der Waals surface area contributed by atoms with E-state index in [0.29, 0.717) is 21.9 Å². The third-order valence-electron chi connectivity index (χ3n) is 4.39. The Morgan fingerprint density at radius 1 is 1.17 bits per heavy atom. The molecule has 0 aliphatic carbocycles.